The summed E-state index contributed by atoms with van der Waals surface area (Å²) >= 11 is 0. The van der Waals surface area contributed by atoms with Crippen molar-refractivity contribution in [3.8, 4) is 0 Å². The highest BCUT2D eigenvalue weighted by molar-refractivity contribution is 7.21. The maximum atomic E-state index is 17.3. The molecule has 120 heavy (non-hydrogen) atoms. The summed E-state index contributed by atoms with van der Waals surface area (Å²) in [5, 5.41) is 0. The monoisotopic (exact) mass is 1750 g/mol. The zero-order valence-corrected chi connectivity index (χ0v) is 62.1. The van der Waals surface area contributed by atoms with Crippen molar-refractivity contribution >= 4 is 56.0 Å². The standard InChI is InChI=1S/C44H36BF16O4.C32H12BF16O4.2CH3/c1-41(9-62-10-41)5-17-25(46)33(54)21(34(55)26(17)47)45(22-35(56)27(48)18(28(49)36(22)57)6-42(2)11-63-12-42,23-37(58)29(50)19(30(51)38(23)59)7-43(3)13-64-14-43)24-39(60)31(52)20(32(53)40(24)61)8-44(4)15-65-16-44;34-17-9(5-1-50-5)18(35)26(43)13(25(17)42)33(14-27(44)19(36)10(6-2-51-6)20(37)28(14)45,15-29(46)21(38)11(7-3-52-7)22(39)30(15)47)16-31(48)23(40)12(8-4-53-8)24(41)32(16)49;;/h5-16H2,1-4H3;5-8H,1-4H2;2*1H3/q2*-1;2*+1. The highest BCUT2D eigenvalue weighted by atomic mass is 19.2. The molecule has 8 saturated heterocycles. The van der Waals surface area contributed by atoms with Crippen LogP contribution in [0.2, 0.25) is 0 Å². The first-order valence-corrected chi connectivity index (χ1v) is 35.2. The van der Waals surface area contributed by atoms with E-state index < -0.39 is 385 Å². The Hall–Kier alpha value is -8.93. The number of rotatable bonds is 20. The molecule has 0 aliphatic carbocycles. The van der Waals surface area contributed by atoms with Crippen LogP contribution in [0.15, 0.2) is 0 Å². The Balaban J connectivity index is 0.000000208. The largest absolute Gasteiger partial charge is 0.380 e. The lowest BCUT2D eigenvalue weighted by atomic mass is 9.12. The molecule has 0 bridgehead atoms. The van der Waals surface area contributed by atoms with Gasteiger partial charge in [0, 0.05) is 58.8 Å². The molecule has 0 N–H and O–H groups in total. The Morgan fingerprint density at radius 1 is 0.200 bits per heavy atom. The Kier molecular flexibility index (Phi) is 22.6. The molecule has 0 radical (unpaired) electrons. The van der Waals surface area contributed by atoms with Gasteiger partial charge in [-0.1, -0.05) is 27.7 Å². The van der Waals surface area contributed by atoms with E-state index in [2.05, 4.69) is 18.9 Å². The topological polar surface area (TPSA) is 87.0 Å². The van der Waals surface area contributed by atoms with Crippen LogP contribution in [0.5, 0.6) is 0 Å². The molecule has 8 aromatic carbocycles. The quantitative estimate of drug-likeness (QED) is 0.0245. The van der Waals surface area contributed by atoms with E-state index in [1.165, 1.54) is 27.7 Å². The number of hydrogen-bond acceptors (Lipinski definition) is 8. The van der Waals surface area contributed by atoms with Crippen LogP contribution in [0, 0.1) is 223 Å². The van der Waals surface area contributed by atoms with E-state index in [1.807, 2.05) is 0 Å². The van der Waals surface area contributed by atoms with Crippen LogP contribution in [0.4, 0.5) is 140 Å². The van der Waals surface area contributed by atoms with Crippen molar-refractivity contribution in [3.05, 3.63) is 246 Å². The van der Waals surface area contributed by atoms with Crippen LogP contribution in [0.25, 0.3) is 0 Å². The SMILES string of the molecule is CC1(Cc2c(F)c(F)c([B-](c3c(F)c(F)c(CC4(C)COC4)c(F)c3F)(c3c(F)c(F)c(CC4(C)COC4)c(F)c3F)c3c(F)c(F)c(CC4(C)COC4)c(F)c3F)c(F)c2F)COC1.Fc1c(F)c([B-](c2c(F)c(F)c(C3CO3)c(F)c2F)(c2c(F)c(F)c(C3CO3)c(F)c2F)c2c(F)c(F)c(C3CO3)c(F)c2F)c(F)c(F)c1C1CO1.[CH3+].[CH3+]. The van der Waals surface area contributed by atoms with Crippen LogP contribution in [-0.4, -0.2) is 91.6 Å². The number of epoxide rings is 4. The van der Waals surface area contributed by atoms with Crippen molar-refractivity contribution in [1.82, 2.24) is 0 Å². The van der Waals surface area contributed by atoms with Gasteiger partial charge in [-0.05, 0) is 25.7 Å². The molecule has 0 aromatic heterocycles. The molecule has 0 saturated carbocycles. The van der Waals surface area contributed by atoms with Crippen molar-refractivity contribution in [2.75, 3.05) is 79.3 Å². The van der Waals surface area contributed by atoms with E-state index in [9.17, 15) is 0 Å². The summed E-state index contributed by atoms with van der Waals surface area (Å²) in [6.45, 7) is 0.156. The fraction of sp³-hybridized carbons (Fsp3) is 0.359. The fourth-order valence-corrected chi connectivity index (χ4v) is 16.7. The lowest BCUT2D eigenvalue weighted by Crippen LogP contribution is -2.81. The van der Waals surface area contributed by atoms with Gasteiger partial charge in [0.2, 0.25) is 0 Å². The Bertz CT molecular complexity index is 4760. The first-order chi connectivity index (χ1) is 55.3. The van der Waals surface area contributed by atoms with Crippen molar-refractivity contribution in [3.63, 3.8) is 0 Å². The van der Waals surface area contributed by atoms with Crippen LogP contribution < -0.4 is 43.7 Å². The maximum absolute atomic E-state index is 17.3. The number of ether oxygens (including phenoxy) is 8. The summed E-state index contributed by atoms with van der Waals surface area (Å²) in [6, 6.07) is 0. The van der Waals surface area contributed by atoms with Gasteiger partial charge in [0.15, 0.2) is 93.1 Å². The minimum atomic E-state index is -6.76. The minimum absolute atomic E-state index is 0. The normalized spacial score (nSPS) is 20.5. The molecule has 8 aromatic rings. The van der Waals surface area contributed by atoms with E-state index in [-0.39, 0.29) is 67.7 Å². The van der Waals surface area contributed by atoms with Gasteiger partial charge in [0.25, 0.3) is 0 Å². The molecule has 42 heteroatoms. The van der Waals surface area contributed by atoms with Gasteiger partial charge < -0.3 is 37.9 Å². The Morgan fingerprint density at radius 3 is 0.400 bits per heavy atom. The average molecular weight is 1750 g/mol. The summed E-state index contributed by atoms with van der Waals surface area (Å²) in [4.78, 5) is 0. The van der Waals surface area contributed by atoms with E-state index in [4.69, 9.17) is 18.9 Å². The maximum Gasteiger partial charge on any atom is 0.164 e. The second-order valence-corrected chi connectivity index (χ2v) is 31.9. The third-order valence-electron chi connectivity index (χ3n) is 23.0. The van der Waals surface area contributed by atoms with E-state index in [0.29, 0.717) is 0 Å². The highest BCUT2D eigenvalue weighted by Crippen LogP contribution is 2.46. The molecule has 8 nitrogen and oxygen atoms in total. The third-order valence-corrected chi connectivity index (χ3v) is 23.0. The second kappa shape index (κ2) is 30.5. The van der Waals surface area contributed by atoms with E-state index in [1.54, 1.807) is 0 Å². The molecular formula is C78H54B2F32O8. The molecule has 8 aliphatic rings. The molecule has 4 unspecified atom stereocenters. The molecule has 0 amide bonds. The Labute approximate surface area is 656 Å². The van der Waals surface area contributed by atoms with Crippen LogP contribution in [0.3, 0.4) is 0 Å². The van der Waals surface area contributed by atoms with Crippen LogP contribution in [-0.2, 0) is 63.6 Å². The highest BCUT2D eigenvalue weighted by Gasteiger charge is 2.58. The van der Waals surface area contributed by atoms with Gasteiger partial charge >= 0.3 is 0 Å². The summed E-state index contributed by atoms with van der Waals surface area (Å²) in [6.07, 6.45) is -24.8. The summed E-state index contributed by atoms with van der Waals surface area (Å²) in [5.74, 6) is -92.0. The zero-order chi connectivity index (χ0) is 86.0. The van der Waals surface area contributed by atoms with Crippen LogP contribution in [0.1, 0.15) is 96.6 Å². The smallest absolute Gasteiger partial charge is 0.164 e. The molecule has 8 aliphatic heterocycles. The fourth-order valence-electron chi connectivity index (χ4n) is 16.7. The average Bonchev–Trinajstić information content (AvgIpc) is 0.975. The zero-order valence-electron chi connectivity index (χ0n) is 62.1. The molecule has 0 spiro atoms. The van der Waals surface area contributed by atoms with Crippen molar-refractivity contribution < 1.29 is 178 Å². The molecular weight excluding hydrogens is 1690 g/mol. The second-order valence-electron chi connectivity index (χ2n) is 31.9. The molecule has 8 fully saturated rings. The minimum Gasteiger partial charge on any atom is -0.380 e. The lowest BCUT2D eigenvalue weighted by molar-refractivity contribution is -0.101. The first-order valence-electron chi connectivity index (χ1n) is 35.2. The number of hydrogen-bond donors (Lipinski definition) is 0. The van der Waals surface area contributed by atoms with Crippen LogP contribution >= 0.6 is 0 Å². The van der Waals surface area contributed by atoms with Gasteiger partial charge in [-0.2, -0.15) is 0 Å². The molecule has 16 rings (SSSR count). The summed E-state index contributed by atoms with van der Waals surface area (Å²) in [7, 11) is 0. The predicted octanol–water partition coefficient (Wildman–Crippen LogP) is 14.1. The summed E-state index contributed by atoms with van der Waals surface area (Å²) in [5.41, 5.74) is -42.4. The van der Waals surface area contributed by atoms with Gasteiger partial charge in [-0.3, -0.25) is 0 Å². The lowest BCUT2D eigenvalue weighted by Gasteiger charge is -2.46. The van der Waals surface area contributed by atoms with Crippen molar-refractivity contribution in [2.24, 2.45) is 21.7 Å². The first kappa shape index (κ1) is 88.8. The van der Waals surface area contributed by atoms with Crippen molar-refractivity contribution in [2.45, 2.75) is 77.8 Å². The van der Waals surface area contributed by atoms with Gasteiger partial charge in [0.1, 0.15) is 130 Å². The van der Waals surface area contributed by atoms with Gasteiger partial charge in [-0.25, -0.2) is 140 Å². The third kappa shape index (κ3) is 13.2. The van der Waals surface area contributed by atoms with E-state index >= 15 is 140 Å². The van der Waals surface area contributed by atoms with Crippen molar-refractivity contribution in [1.29, 1.82) is 0 Å². The summed E-state index contributed by atoms with van der Waals surface area (Å²) < 4.78 is 567. The molecule has 4 atom stereocenters. The molecule has 644 valence electrons. The number of benzene rings is 8. The van der Waals surface area contributed by atoms with E-state index in [0.717, 1.165) is 0 Å². The Morgan fingerprint density at radius 2 is 0.308 bits per heavy atom. The van der Waals surface area contributed by atoms with Gasteiger partial charge in [0.05, 0.1) is 102 Å². The number of halogens is 32. The van der Waals surface area contributed by atoms with Gasteiger partial charge in [-0.15, -0.1) is 43.7 Å². The predicted molar refractivity (Wildman–Crippen MR) is 357 cm³/mol. The molecule has 8 heterocycles.